The molecule has 2 aliphatic rings. The summed E-state index contributed by atoms with van der Waals surface area (Å²) in [7, 11) is 0. The highest BCUT2D eigenvalue weighted by Gasteiger charge is 2.49. The summed E-state index contributed by atoms with van der Waals surface area (Å²) in [5.41, 5.74) is 1.98. The molecule has 0 aliphatic carbocycles. The van der Waals surface area contributed by atoms with Crippen molar-refractivity contribution in [2.75, 3.05) is 11.5 Å². The summed E-state index contributed by atoms with van der Waals surface area (Å²) in [5, 5.41) is 11.4. The van der Waals surface area contributed by atoms with Crippen molar-refractivity contribution in [2.24, 2.45) is 0 Å². The van der Waals surface area contributed by atoms with Gasteiger partial charge in [0.15, 0.2) is 5.13 Å². The predicted octanol–water partition coefficient (Wildman–Crippen LogP) is 5.44. The predicted molar refractivity (Wildman–Crippen MR) is 134 cm³/mol. The molecule has 1 N–H and O–H groups in total. The molecule has 0 spiro atoms. The van der Waals surface area contributed by atoms with Crippen LogP contribution in [0.15, 0.2) is 60.3 Å². The number of carbonyl (C=O) groups excluding carboxylic acids is 2. The average Bonchev–Trinajstić information content (AvgIpc) is 3.41. The number of amides is 1. The second-order valence-electron chi connectivity index (χ2n) is 8.43. The standard InChI is InChI=1S/C26H17ClFN3O4S/c27-15-11-18-20(12-16(15)28)36-26(30-18)31-22(17-5-1-2-8-29-17)21(24(33)25(31)34)23(32)14-6-7-19-13(10-14)4-3-9-35-19/h1-2,5-8,10-12,22,32H,3-4,9H2/b23-21+. The summed E-state index contributed by atoms with van der Waals surface area (Å²) in [4.78, 5) is 36.7. The lowest BCUT2D eigenvalue weighted by Crippen LogP contribution is -2.29. The minimum absolute atomic E-state index is 0.0981. The molecule has 10 heteroatoms. The van der Waals surface area contributed by atoms with Gasteiger partial charge >= 0.3 is 5.91 Å². The number of carbonyl (C=O) groups is 2. The zero-order valence-corrected chi connectivity index (χ0v) is 20.1. The third-order valence-corrected chi connectivity index (χ3v) is 7.53. The lowest BCUT2D eigenvalue weighted by molar-refractivity contribution is -0.132. The molecule has 0 saturated carbocycles. The second-order valence-corrected chi connectivity index (χ2v) is 9.84. The van der Waals surface area contributed by atoms with Gasteiger partial charge in [-0.3, -0.25) is 19.5 Å². The summed E-state index contributed by atoms with van der Waals surface area (Å²) < 4.78 is 20.2. The second kappa shape index (κ2) is 8.69. The minimum Gasteiger partial charge on any atom is -0.507 e. The van der Waals surface area contributed by atoms with Gasteiger partial charge in [-0.1, -0.05) is 29.0 Å². The van der Waals surface area contributed by atoms with Gasteiger partial charge in [0, 0.05) is 11.8 Å². The Balaban J connectivity index is 1.53. The maximum Gasteiger partial charge on any atom is 0.301 e. The Hall–Kier alpha value is -3.82. The third-order valence-electron chi connectivity index (χ3n) is 6.22. The van der Waals surface area contributed by atoms with Crippen LogP contribution >= 0.6 is 22.9 Å². The van der Waals surface area contributed by atoms with Gasteiger partial charge in [-0.15, -0.1) is 0 Å². The molecule has 2 aromatic heterocycles. The first kappa shape index (κ1) is 22.6. The van der Waals surface area contributed by atoms with Gasteiger partial charge in [-0.25, -0.2) is 9.37 Å². The average molecular weight is 522 g/mol. The van der Waals surface area contributed by atoms with Crippen LogP contribution < -0.4 is 9.64 Å². The van der Waals surface area contributed by atoms with Crippen molar-refractivity contribution >= 4 is 55.7 Å². The zero-order chi connectivity index (χ0) is 25.0. The van der Waals surface area contributed by atoms with Crippen LogP contribution in [0.1, 0.15) is 29.3 Å². The molecular formula is C26H17ClFN3O4S. The molecule has 1 saturated heterocycles. The topological polar surface area (TPSA) is 92.6 Å². The Morgan fingerprint density at radius 1 is 1.19 bits per heavy atom. The van der Waals surface area contributed by atoms with Gasteiger partial charge in [0.05, 0.1) is 33.1 Å². The van der Waals surface area contributed by atoms with E-state index < -0.39 is 23.5 Å². The smallest absolute Gasteiger partial charge is 0.301 e. The lowest BCUT2D eigenvalue weighted by Gasteiger charge is -2.22. The van der Waals surface area contributed by atoms with Crippen molar-refractivity contribution in [3.8, 4) is 5.75 Å². The van der Waals surface area contributed by atoms with Crippen LogP contribution in [0.25, 0.3) is 16.0 Å². The Morgan fingerprint density at radius 3 is 2.86 bits per heavy atom. The molecule has 1 amide bonds. The molecule has 4 aromatic rings. The summed E-state index contributed by atoms with van der Waals surface area (Å²) >= 11 is 6.96. The molecule has 2 aliphatic heterocycles. The Bertz CT molecular complexity index is 1550. The molecule has 180 valence electrons. The van der Waals surface area contributed by atoms with E-state index in [1.807, 2.05) is 0 Å². The number of halogens is 2. The SMILES string of the molecule is O=C1C(=O)N(c2nc3cc(Cl)c(F)cc3s2)C(c2ccccn2)/C1=C(\O)c1ccc2c(c1)CCCO2. The van der Waals surface area contributed by atoms with E-state index in [0.29, 0.717) is 28.1 Å². The highest BCUT2D eigenvalue weighted by molar-refractivity contribution is 7.22. The van der Waals surface area contributed by atoms with E-state index >= 15 is 0 Å². The fourth-order valence-electron chi connectivity index (χ4n) is 4.52. The number of aromatic nitrogens is 2. The molecule has 1 unspecified atom stereocenters. The van der Waals surface area contributed by atoms with Gasteiger partial charge in [-0.05, 0) is 60.9 Å². The van der Waals surface area contributed by atoms with E-state index in [1.165, 1.54) is 17.0 Å². The molecule has 1 fully saturated rings. The van der Waals surface area contributed by atoms with E-state index in [1.54, 1.807) is 42.6 Å². The molecule has 0 radical (unpaired) electrons. The first-order chi connectivity index (χ1) is 17.4. The first-order valence-corrected chi connectivity index (χ1v) is 12.4. The number of nitrogens with zero attached hydrogens (tertiary/aromatic N) is 3. The number of aryl methyl sites for hydroxylation is 1. The number of hydrogen-bond donors (Lipinski definition) is 1. The van der Waals surface area contributed by atoms with Gasteiger partial charge < -0.3 is 9.84 Å². The molecule has 6 rings (SSSR count). The number of fused-ring (bicyclic) bond motifs is 2. The minimum atomic E-state index is -1.03. The fraction of sp³-hybridized carbons (Fsp3) is 0.154. The molecule has 36 heavy (non-hydrogen) atoms. The molecule has 7 nitrogen and oxygen atoms in total. The number of aliphatic hydroxyl groups excluding tert-OH is 1. The van der Waals surface area contributed by atoms with Crippen molar-refractivity contribution in [2.45, 2.75) is 18.9 Å². The molecule has 1 atom stereocenters. The summed E-state index contributed by atoms with van der Waals surface area (Å²) in [6, 6.07) is 11.9. The number of pyridine rings is 1. The van der Waals surface area contributed by atoms with E-state index in [9.17, 15) is 19.1 Å². The van der Waals surface area contributed by atoms with E-state index in [2.05, 4.69) is 9.97 Å². The normalized spacial score (nSPS) is 18.9. The van der Waals surface area contributed by atoms with Gasteiger partial charge in [0.1, 0.15) is 23.4 Å². The third kappa shape index (κ3) is 3.63. The van der Waals surface area contributed by atoms with Crippen LogP contribution in [-0.4, -0.2) is 33.4 Å². The number of thiazole rings is 1. The number of rotatable bonds is 3. The summed E-state index contributed by atoms with van der Waals surface area (Å²) in [6.07, 6.45) is 3.16. The van der Waals surface area contributed by atoms with E-state index in [0.717, 1.165) is 35.5 Å². The van der Waals surface area contributed by atoms with Crippen LogP contribution in [0, 0.1) is 5.82 Å². The van der Waals surface area contributed by atoms with Gasteiger partial charge in [0.25, 0.3) is 5.78 Å². The van der Waals surface area contributed by atoms with Crippen LogP contribution in [0.3, 0.4) is 0 Å². The maximum atomic E-state index is 14.0. The largest absolute Gasteiger partial charge is 0.507 e. The molecule has 0 bridgehead atoms. The molecular weight excluding hydrogens is 505 g/mol. The number of Topliss-reactive ketones (excluding diaryl/α,β-unsaturated/α-hetero) is 1. The summed E-state index contributed by atoms with van der Waals surface area (Å²) in [6.45, 7) is 0.625. The van der Waals surface area contributed by atoms with E-state index in [4.69, 9.17) is 16.3 Å². The fourth-order valence-corrected chi connectivity index (χ4v) is 5.68. The maximum absolute atomic E-state index is 14.0. The van der Waals surface area contributed by atoms with Crippen LogP contribution in [0.2, 0.25) is 5.02 Å². The Kier molecular flexibility index (Phi) is 5.46. The quantitative estimate of drug-likeness (QED) is 0.219. The van der Waals surface area contributed by atoms with Gasteiger partial charge in [0.2, 0.25) is 0 Å². The monoisotopic (exact) mass is 521 g/mol. The van der Waals surface area contributed by atoms with Crippen molar-refractivity contribution in [3.63, 3.8) is 0 Å². The Labute approximate surface area is 213 Å². The van der Waals surface area contributed by atoms with Crippen molar-refractivity contribution in [1.82, 2.24) is 9.97 Å². The van der Waals surface area contributed by atoms with Crippen LogP contribution in [0.4, 0.5) is 9.52 Å². The van der Waals surface area contributed by atoms with Crippen LogP contribution in [-0.2, 0) is 16.0 Å². The number of ketones is 1. The number of anilines is 1. The number of ether oxygens (including phenoxy) is 1. The zero-order valence-electron chi connectivity index (χ0n) is 18.6. The van der Waals surface area contributed by atoms with Crippen molar-refractivity contribution < 1.29 is 23.8 Å². The van der Waals surface area contributed by atoms with Crippen molar-refractivity contribution in [3.05, 3.63) is 88.0 Å². The number of benzene rings is 2. The highest BCUT2D eigenvalue weighted by Crippen LogP contribution is 2.44. The molecule has 4 heterocycles. The first-order valence-electron chi connectivity index (χ1n) is 11.2. The number of hydrogen-bond acceptors (Lipinski definition) is 7. The molecule has 2 aromatic carbocycles. The Morgan fingerprint density at radius 2 is 2.06 bits per heavy atom. The lowest BCUT2D eigenvalue weighted by atomic mass is 9.96. The highest BCUT2D eigenvalue weighted by atomic mass is 35.5. The van der Waals surface area contributed by atoms with E-state index in [-0.39, 0.29) is 21.5 Å². The number of aliphatic hydroxyl groups is 1. The van der Waals surface area contributed by atoms with Gasteiger partial charge in [-0.2, -0.15) is 0 Å². The van der Waals surface area contributed by atoms with Crippen molar-refractivity contribution in [1.29, 1.82) is 0 Å². The summed E-state index contributed by atoms with van der Waals surface area (Å²) in [5.74, 6) is -1.91. The van der Waals surface area contributed by atoms with Crippen LogP contribution in [0.5, 0.6) is 5.75 Å².